The van der Waals surface area contributed by atoms with E-state index in [9.17, 15) is 9.59 Å². The van der Waals surface area contributed by atoms with Gasteiger partial charge in [-0.25, -0.2) is 4.98 Å². The van der Waals surface area contributed by atoms with Crippen LogP contribution in [0.15, 0.2) is 34.2 Å². The third kappa shape index (κ3) is 3.47. The third-order valence-corrected chi connectivity index (χ3v) is 7.16. The van der Waals surface area contributed by atoms with Gasteiger partial charge >= 0.3 is 0 Å². The van der Waals surface area contributed by atoms with Gasteiger partial charge in [-0.2, -0.15) is 0 Å². The van der Waals surface area contributed by atoms with Gasteiger partial charge in [-0.3, -0.25) is 14.2 Å². The third-order valence-electron chi connectivity index (χ3n) is 6.20. The summed E-state index contributed by atoms with van der Waals surface area (Å²) in [5.74, 6) is 0.499. The summed E-state index contributed by atoms with van der Waals surface area (Å²) in [5, 5.41) is 1.26. The van der Waals surface area contributed by atoms with Gasteiger partial charge in [-0.05, 0) is 49.1 Å². The highest BCUT2D eigenvalue weighted by Gasteiger charge is 2.50. The van der Waals surface area contributed by atoms with Gasteiger partial charge in [-0.1, -0.05) is 44.7 Å². The van der Waals surface area contributed by atoms with Crippen molar-refractivity contribution in [2.45, 2.75) is 64.7 Å². The molecule has 0 spiro atoms. The molecular weight excluding hydrogens is 370 g/mol. The number of amides is 1. The summed E-state index contributed by atoms with van der Waals surface area (Å²) in [5.41, 5.74) is 1.19. The maximum atomic E-state index is 13.1. The Morgan fingerprint density at radius 2 is 2.00 bits per heavy atom. The van der Waals surface area contributed by atoms with E-state index in [2.05, 4.69) is 30.7 Å². The lowest BCUT2D eigenvalue weighted by Crippen LogP contribution is -2.38. The second kappa shape index (κ2) is 6.90. The summed E-state index contributed by atoms with van der Waals surface area (Å²) in [7, 11) is 0. The Morgan fingerprint density at radius 3 is 2.75 bits per heavy atom. The van der Waals surface area contributed by atoms with Gasteiger partial charge < -0.3 is 4.90 Å². The molecule has 4 rings (SSSR count). The first-order valence-electron chi connectivity index (χ1n) is 10.1. The average molecular weight is 400 g/mol. The Hall–Kier alpha value is -1.82. The van der Waals surface area contributed by atoms with E-state index in [0.29, 0.717) is 39.8 Å². The molecule has 0 unspecified atom stereocenters. The fourth-order valence-electron chi connectivity index (χ4n) is 5.50. The van der Waals surface area contributed by atoms with Crippen molar-refractivity contribution in [1.29, 1.82) is 0 Å². The van der Waals surface area contributed by atoms with Gasteiger partial charge in [0.25, 0.3) is 5.56 Å². The molecule has 2 fully saturated rings. The van der Waals surface area contributed by atoms with Gasteiger partial charge in [0.1, 0.15) is 0 Å². The second-order valence-electron chi connectivity index (χ2n) is 9.48. The largest absolute Gasteiger partial charge is 0.338 e. The number of fused-ring (bicyclic) bond motifs is 3. The lowest BCUT2D eigenvalue weighted by Gasteiger charge is -2.39. The van der Waals surface area contributed by atoms with Crippen LogP contribution in [0.1, 0.15) is 47.0 Å². The first kappa shape index (κ1) is 19.5. The Morgan fingerprint density at radius 1 is 1.25 bits per heavy atom. The number of carbonyl (C=O) groups is 1. The molecule has 6 heteroatoms. The minimum Gasteiger partial charge on any atom is -0.338 e. The van der Waals surface area contributed by atoms with Gasteiger partial charge in [-0.15, -0.1) is 0 Å². The molecule has 5 nitrogen and oxygen atoms in total. The molecular formula is C22H29N3O2S. The van der Waals surface area contributed by atoms with Crippen molar-refractivity contribution in [3.8, 4) is 0 Å². The Balaban J connectivity index is 1.54. The lowest BCUT2D eigenvalue weighted by atomic mass is 9.65. The van der Waals surface area contributed by atoms with E-state index in [0.717, 1.165) is 19.4 Å². The van der Waals surface area contributed by atoms with Crippen LogP contribution in [0.4, 0.5) is 0 Å². The highest BCUT2D eigenvalue weighted by Crippen LogP contribution is 2.52. The predicted molar refractivity (Wildman–Crippen MR) is 114 cm³/mol. The zero-order valence-corrected chi connectivity index (χ0v) is 18.0. The van der Waals surface area contributed by atoms with Crippen LogP contribution in [0.3, 0.4) is 0 Å². The number of likely N-dealkylation sites (tertiary alicyclic amines) is 1. The molecule has 1 aromatic heterocycles. The number of thioether (sulfide) groups is 1. The first-order chi connectivity index (χ1) is 13.2. The summed E-state index contributed by atoms with van der Waals surface area (Å²) in [6, 6.07) is 7.76. The molecule has 0 radical (unpaired) electrons. The molecule has 2 atom stereocenters. The molecule has 0 N–H and O–H groups in total. The number of nitrogens with zero attached hydrogens (tertiary/aromatic N) is 3. The summed E-state index contributed by atoms with van der Waals surface area (Å²) in [6.45, 7) is 10.3. The average Bonchev–Trinajstić information content (AvgIpc) is 2.88. The topological polar surface area (TPSA) is 55.2 Å². The number of carbonyl (C=O) groups excluding carboxylic acids is 1. The van der Waals surface area contributed by atoms with E-state index < -0.39 is 0 Å². The van der Waals surface area contributed by atoms with Crippen molar-refractivity contribution in [3.63, 3.8) is 0 Å². The number of hydrogen-bond donors (Lipinski definition) is 0. The molecule has 28 heavy (non-hydrogen) atoms. The zero-order valence-electron chi connectivity index (χ0n) is 17.2. The van der Waals surface area contributed by atoms with Gasteiger partial charge in [0, 0.05) is 19.1 Å². The van der Waals surface area contributed by atoms with Crippen LogP contribution in [0, 0.1) is 10.8 Å². The van der Waals surface area contributed by atoms with Crippen molar-refractivity contribution in [1.82, 2.24) is 14.5 Å². The van der Waals surface area contributed by atoms with E-state index in [1.54, 1.807) is 4.57 Å². The molecule has 2 aromatic rings. The highest BCUT2D eigenvalue weighted by atomic mass is 32.2. The van der Waals surface area contributed by atoms with Crippen LogP contribution in [0.5, 0.6) is 0 Å². The Labute approximate surface area is 170 Å². The van der Waals surface area contributed by atoms with E-state index in [4.69, 9.17) is 0 Å². The molecule has 1 saturated heterocycles. The number of hydrogen-bond acceptors (Lipinski definition) is 4. The van der Waals surface area contributed by atoms with Gasteiger partial charge in [0.05, 0.1) is 16.7 Å². The van der Waals surface area contributed by atoms with Crippen LogP contribution in [-0.2, 0) is 11.3 Å². The highest BCUT2D eigenvalue weighted by molar-refractivity contribution is 7.99. The van der Waals surface area contributed by atoms with Crippen LogP contribution in [-0.4, -0.2) is 38.7 Å². The summed E-state index contributed by atoms with van der Waals surface area (Å²) in [6.07, 6.45) is 3.36. The predicted octanol–water partition coefficient (Wildman–Crippen LogP) is 3.94. The molecule has 150 valence electrons. The van der Waals surface area contributed by atoms with E-state index in [1.807, 2.05) is 31.2 Å². The van der Waals surface area contributed by atoms with Crippen LogP contribution >= 0.6 is 11.8 Å². The lowest BCUT2D eigenvalue weighted by molar-refractivity contribution is -0.129. The summed E-state index contributed by atoms with van der Waals surface area (Å²) in [4.78, 5) is 32.6. The van der Waals surface area contributed by atoms with Gasteiger partial charge in [0.2, 0.25) is 5.91 Å². The van der Waals surface area contributed by atoms with Crippen LogP contribution in [0.25, 0.3) is 10.9 Å². The molecule has 1 amide bonds. The maximum absolute atomic E-state index is 13.1. The van der Waals surface area contributed by atoms with Crippen molar-refractivity contribution in [3.05, 3.63) is 34.6 Å². The zero-order chi connectivity index (χ0) is 20.1. The summed E-state index contributed by atoms with van der Waals surface area (Å²) < 4.78 is 1.67. The van der Waals surface area contributed by atoms with Crippen LogP contribution < -0.4 is 5.56 Å². The number of benzene rings is 1. The van der Waals surface area contributed by atoms with Crippen molar-refractivity contribution in [2.75, 3.05) is 12.3 Å². The molecule has 2 bridgehead atoms. The second-order valence-corrected chi connectivity index (χ2v) is 10.4. The van der Waals surface area contributed by atoms with E-state index >= 15 is 0 Å². The minimum absolute atomic E-state index is 0.0330. The number of rotatable bonds is 4. The first-order valence-corrected chi connectivity index (χ1v) is 11.1. The van der Waals surface area contributed by atoms with Crippen LogP contribution in [0.2, 0.25) is 0 Å². The Kier molecular flexibility index (Phi) is 4.81. The molecule has 1 aliphatic carbocycles. The summed E-state index contributed by atoms with van der Waals surface area (Å²) >= 11 is 1.39. The number of para-hydroxylation sites is 1. The van der Waals surface area contributed by atoms with Crippen molar-refractivity contribution >= 4 is 28.6 Å². The fraction of sp³-hybridized carbons (Fsp3) is 0.591. The van der Waals surface area contributed by atoms with Gasteiger partial charge in [0.15, 0.2) is 5.16 Å². The quantitative estimate of drug-likeness (QED) is 0.577. The normalized spacial score (nSPS) is 26.0. The van der Waals surface area contributed by atoms with Crippen molar-refractivity contribution < 1.29 is 4.79 Å². The SMILES string of the molecule is CCn1c(SCC(=O)N2C[C@]3(C)C[C@H]2CC(C)(C)C3)nc2ccccc2c1=O. The molecule has 1 aliphatic heterocycles. The Bertz CT molecular complexity index is 983. The number of aromatic nitrogens is 2. The fourth-order valence-corrected chi connectivity index (χ4v) is 6.45. The van der Waals surface area contributed by atoms with E-state index in [1.165, 1.54) is 18.2 Å². The van der Waals surface area contributed by atoms with E-state index in [-0.39, 0.29) is 16.9 Å². The molecule has 2 aliphatic rings. The molecule has 1 saturated carbocycles. The maximum Gasteiger partial charge on any atom is 0.262 e. The minimum atomic E-state index is -0.0330. The molecule has 2 heterocycles. The standard InChI is InChI=1S/C22H29N3O2S/c1-5-24-19(27)16-8-6-7-9-17(16)23-20(24)28-12-18(26)25-14-22(4)11-15(25)10-21(2,3)13-22/h6-9,15H,5,10-14H2,1-4H3/t15-,22-/m1/s1. The monoisotopic (exact) mass is 399 g/mol. The smallest absolute Gasteiger partial charge is 0.262 e. The van der Waals surface area contributed by atoms with Crippen molar-refractivity contribution in [2.24, 2.45) is 10.8 Å². The molecule has 1 aromatic carbocycles.